The number of aliphatic imine (C=N–C) groups is 1. The van der Waals surface area contributed by atoms with Gasteiger partial charge in [0.15, 0.2) is 5.78 Å². The summed E-state index contributed by atoms with van der Waals surface area (Å²) in [7, 11) is 4.65. The average molecular weight is 913 g/mol. The molecule has 1 saturated carbocycles. The second-order valence-corrected chi connectivity index (χ2v) is 19.6. The van der Waals surface area contributed by atoms with E-state index in [0.717, 1.165) is 5.57 Å². The fourth-order valence-corrected chi connectivity index (χ4v) is 10.2. The number of allylic oxidation sites excluding steroid dienone is 6. The number of piperidine rings is 1. The quantitative estimate of drug-likeness (QED) is 0.142. The van der Waals surface area contributed by atoms with Gasteiger partial charge in [-0.3, -0.25) is 19.4 Å². The highest BCUT2D eigenvalue weighted by molar-refractivity contribution is 6.39. The zero-order valence-corrected chi connectivity index (χ0v) is 40.7. The monoisotopic (exact) mass is 913 g/mol. The number of Topliss-reactive ketones (excluding diaryl/α,β-unsaturated/α-hetero) is 2. The molecule has 0 aromatic heterocycles. The first-order valence-corrected chi connectivity index (χ1v) is 24.0. The van der Waals surface area contributed by atoms with E-state index in [0.29, 0.717) is 75.5 Å². The van der Waals surface area contributed by atoms with Gasteiger partial charge >= 0.3 is 5.97 Å². The molecule has 0 spiro atoms. The zero-order chi connectivity index (χ0) is 48.2. The minimum absolute atomic E-state index is 0.0419. The molecule has 1 amide bonds. The van der Waals surface area contributed by atoms with Gasteiger partial charge in [0, 0.05) is 64.1 Å². The molecular weight excluding hydrogens is 833 g/mol. The van der Waals surface area contributed by atoms with Crippen molar-refractivity contribution in [2.45, 2.75) is 180 Å². The van der Waals surface area contributed by atoms with E-state index in [2.05, 4.69) is 4.99 Å². The fourth-order valence-electron chi connectivity index (χ4n) is 10.2. The van der Waals surface area contributed by atoms with Gasteiger partial charge in [-0.05, 0) is 107 Å². The highest BCUT2D eigenvalue weighted by atomic mass is 16.6. The molecule has 2 bridgehead atoms. The van der Waals surface area contributed by atoms with Crippen molar-refractivity contribution < 1.29 is 58.6 Å². The Morgan fingerprint density at radius 3 is 2.26 bits per heavy atom. The summed E-state index contributed by atoms with van der Waals surface area (Å²) in [5.74, 6) is -7.01. The summed E-state index contributed by atoms with van der Waals surface area (Å²) in [6.07, 6.45) is 11.4. The van der Waals surface area contributed by atoms with Crippen molar-refractivity contribution in [2.75, 3.05) is 27.8 Å². The van der Waals surface area contributed by atoms with Crippen LogP contribution in [0.1, 0.15) is 126 Å². The molecule has 14 heteroatoms. The van der Waals surface area contributed by atoms with Crippen LogP contribution >= 0.6 is 0 Å². The normalized spacial score (nSPS) is 41.0. The Hall–Kier alpha value is -3.37. The molecule has 65 heavy (non-hydrogen) atoms. The van der Waals surface area contributed by atoms with Gasteiger partial charge in [-0.15, -0.1) is 0 Å². The van der Waals surface area contributed by atoms with Crippen molar-refractivity contribution >= 4 is 29.2 Å². The minimum Gasteiger partial charge on any atom is -0.460 e. The number of carbonyl (C=O) groups excluding carboxylic acids is 4. The molecule has 15 atom stereocenters. The highest BCUT2D eigenvalue weighted by Gasteiger charge is 2.53. The number of fused-ring (bicyclic) bond motifs is 3. The van der Waals surface area contributed by atoms with Crippen molar-refractivity contribution in [1.82, 2.24) is 4.90 Å². The van der Waals surface area contributed by atoms with E-state index in [9.17, 15) is 39.6 Å². The maximum Gasteiger partial charge on any atom is 0.329 e. The Morgan fingerprint density at radius 1 is 0.877 bits per heavy atom. The lowest BCUT2D eigenvalue weighted by atomic mass is 9.78. The van der Waals surface area contributed by atoms with E-state index in [1.54, 1.807) is 28.0 Å². The molecule has 3 aliphatic heterocycles. The fraction of sp³-hybridized carbons (Fsp3) is 0.745. The lowest BCUT2D eigenvalue weighted by Gasteiger charge is -2.42. The van der Waals surface area contributed by atoms with Gasteiger partial charge in [-0.1, -0.05) is 71.1 Å². The number of carbonyl (C=O) groups is 4. The summed E-state index contributed by atoms with van der Waals surface area (Å²) < 4.78 is 24.0. The van der Waals surface area contributed by atoms with Crippen molar-refractivity contribution in [1.29, 1.82) is 0 Å². The van der Waals surface area contributed by atoms with E-state index in [1.165, 1.54) is 12.0 Å². The zero-order valence-electron chi connectivity index (χ0n) is 40.7. The van der Waals surface area contributed by atoms with Crippen molar-refractivity contribution in [3.05, 3.63) is 47.6 Å². The number of hydrogen-bond acceptors (Lipinski definition) is 13. The Morgan fingerprint density at radius 2 is 1.60 bits per heavy atom. The lowest BCUT2D eigenvalue weighted by Crippen LogP contribution is -2.61. The number of aliphatic hydroxyl groups excluding tert-OH is 3. The number of hydrogen-bond donors (Lipinski definition) is 4. The number of nitrogens with zero attached hydrogens (tertiary/aromatic N) is 2. The first-order valence-electron chi connectivity index (χ1n) is 24.0. The second kappa shape index (κ2) is 25.1. The number of esters is 1. The van der Waals surface area contributed by atoms with Crippen molar-refractivity contribution in [3.8, 4) is 0 Å². The smallest absolute Gasteiger partial charge is 0.329 e. The maximum atomic E-state index is 14.5. The Labute approximate surface area is 387 Å². The molecule has 4 rings (SSSR count). The maximum absolute atomic E-state index is 14.5. The average Bonchev–Trinajstić information content (AvgIpc) is 3.28. The molecule has 2 saturated heterocycles. The van der Waals surface area contributed by atoms with Gasteiger partial charge in [0.25, 0.3) is 11.7 Å². The summed E-state index contributed by atoms with van der Waals surface area (Å²) in [4.78, 5) is 62.6. The third kappa shape index (κ3) is 14.3. The lowest BCUT2D eigenvalue weighted by molar-refractivity contribution is -0.265. The van der Waals surface area contributed by atoms with Crippen LogP contribution in [-0.2, 0) is 38.1 Å². The van der Waals surface area contributed by atoms with E-state index in [1.807, 2.05) is 71.1 Å². The van der Waals surface area contributed by atoms with Gasteiger partial charge in [-0.2, -0.15) is 0 Å². The molecule has 0 aromatic rings. The Bertz CT molecular complexity index is 1770. The van der Waals surface area contributed by atoms with Gasteiger partial charge in [0.2, 0.25) is 5.79 Å². The molecule has 0 aromatic carbocycles. The first-order chi connectivity index (χ1) is 30.7. The van der Waals surface area contributed by atoms with Crippen molar-refractivity contribution in [3.63, 3.8) is 0 Å². The number of methoxy groups -OCH3 is 2. The van der Waals surface area contributed by atoms with E-state index in [4.69, 9.17) is 18.9 Å². The molecule has 14 nitrogen and oxygen atoms in total. The number of cyclic esters (lactones) is 1. The summed E-state index contributed by atoms with van der Waals surface area (Å²) in [6.45, 7) is 13.2. The van der Waals surface area contributed by atoms with Crippen LogP contribution in [0, 0.1) is 35.5 Å². The van der Waals surface area contributed by atoms with E-state index < -0.39 is 84.1 Å². The molecule has 3 heterocycles. The Kier molecular flexibility index (Phi) is 21.0. The van der Waals surface area contributed by atoms with Crippen molar-refractivity contribution in [2.24, 2.45) is 40.5 Å². The van der Waals surface area contributed by atoms with Gasteiger partial charge < -0.3 is 44.3 Å². The summed E-state index contributed by atoms with van der Waals surface area (Å²) >= 11 is 0. The molecular formula is C51H80N2O12. The molecule has 3 fully saturated rings. The molecule has 12 unspecified atom stereocenters. The minimum atomic E-state index is -2.41. The van der Waals surface area contributed by atoms with E-state index in [-0.39, 0.29) is 48.8 Å². The molecule has 1 aliphatic carbocycles. The number of amides is 1. The number of ether oxygens (including phenoxy) is 4. The van der Waals surface area contributed by atoms with E-state index >= 15 is 0 Å². The summed E-state index contributed by atoms with van der Waals surface area (Å²) in [5, 5.41) is 44.2. The molecule has 366 valence electrons. The number of aliphatic hydroxyl groups is 4. The highest BCUT2D eigenvalue weighted by Crippen LogP contribution is 2.37. The second-order valence-electron chi connectivity index (χ2n) is 19.6. The third-order valence-electron chi connectivity index (χ3n) is 14.5. The van der Waals surface area contributed by atoms with Crippen LogP contribution in [0.4, 0.5) is 0 Å². The van der Waals surface area contributed by atoms with Gasteiger partial charge in [-0.25, -0.2) is 4.79 Å². The topological polar surface area (TPSA) is 202 Å². The van der Waals surface area contributed by atoms with Crippen LogP contribution in [0.15, 0.2) is 52.6 Å². The van der Waals surface area contributed by atoms with Crippen LogP contribution in [0.3, 0.4) is 0 Å². The first kappa shape index (κ1) is 54.2. The predicted molar refractivity (Wildman–Crippen MR) is 249 cm³/mol. The van der Waals surface area contributed by atoms with Crippen LogP contribution < -0.4 is 0 Å². The Balaban J connectivity index is 1.72. The molecule has 0 radical (unpaired) electrons. The molecule has 4 aliphatic rings. The molecule has 4 N–H and O–H groups in total. The van der Waals surface area contributed by atoms with Crippen LogP contribution in [0.2, 0.25) is 0 Å². The van der Waals surface area contributed by atoms with Crippen LogP contribution in [0.25, 0.3) is 0 Å². The number of ketones is 2. The van der Waals surface area contributed by atoms with Gasteiger partial charge in [0.1, 0.15) is 24.4 Å². The third-order valence-corrected chi connectivity index (χ3v) is 14.5. The SMILES string of the molecule is CN=C1CC(C(C)CC2CCC(O)C(O)C2)OC(=O)[C@@H]2CCCCN2C(=O)C(=O)C2(O)OC(CC[C@H]2C)CC(OC)/C(C)=C/C=C/C=C/C(C)C[C@@H](C)C(=O)C(OC)C(O)/C(C)=C/C1C. The van der Waals surface area contributed by atoms with Gasteiger partial charge in [0.05, 0.1) is 24.4 Å². The summed E-state index contributed by atoms with van der Waals surface area (Å²) in [6, 6.07) is -1.09. The predicted octanol–water partition coefficient (Wildman–Crippen LogP) is 6.03. The van der Waals surface area contributed by atoms with Crippen LogP contribution in [0.5, 0.6) is 0 Å². The van der Waals surface area contributed by atoms with Crippen LogP contribution in [-0.4, -0.2) is 137 Å². The number of rotatable bonds is 5. The largest absolute Gasteiger partial charge is 0.460 e. The standard InChI is InChI=1S/C51H80N2O12/c1-30-16-12-11-13-17-31(2)43(62-9)28-38-21-19-36(7)51(61,65-38)48(58)49(59)53-23-15-14-18-40(53)50(60)64-44(33(4)26-37-20-22-41(54)42(55)27-37)29-39(52-8)32(3)25-35(6)46(57)47(63-10)45(56)34(5)24-30/h11-13,16-17,25,30,32-34,36-38,40-44,46-47,54-55,57,61H,14-15,18-24,26-29H2,1-10H3/b13-11+,16-12+,31-17+,35-25+,52-39?/t30?,32?,33?,34-,36-,37?,38?,40+,41?,42?,43?,44?,46?,47?,51?/m1/s1. The summed E-state index contributed by atoms with van der Waals surface area (Å²) in [5.41, 5.74) is 2.08.